The molecule has 2 rings (SSSR count). The molecule has 7 nitrogen and oxygen atoms in total. The van der Waals surface area contributed by atoms with Gasteiger partial charge >= 0.3 is 6.09 Å². The molecule has 0 radical (unpaired) electrons. The van der Waals surface area contributed by atoms with Crippen LogP contribution in [-0.4, -0.2) is 44.9 Å². The SMILES string of the molecule is COCCC(N)C(=O)Nc1cccc(N2CCOC2=O)c1. The molecule has 7 heteroatoms. The van der Waals surface area contributed by atoms with Crippen LogP contribution in [-0.2, 0) is 14.3 Å². The normalized spacial score (nSPS) is 15.7. The number of nitrogens with zero attached hydrogens (tertiary/aromatic N) is 1. The molecule has 21 heavy (non-hydrogen) atoms. The third-order valence-corrected chi connectivity index (χ3v) is 3.16. The van der Waals surface area contributed by atoms with Crippen LogP contribution in [0.5, 0.6) is 0 Å². The summed E-state index contributed by atoms with van der Waals surface area (Å²) in [7, 11) is 1.56. The molecule has 1 unspecified atom stereocenters. The Balaban J connectivity index is 2.01. The second-order valence-electron chi connectivity index (χ2n) is 4.69. The third-order valence-electron chi connectivity index (χ3n) is 3.16. The average molecular weight is 293 g/mol. The molecular weight excluding hydrogens is 274 g/mol. The van der Waals surface area contributed by atoms with Crippen molar-refractivity contribution >= 4 is 23.4 Å². The zero-order valence-corrected chi connectivity index (χ0v) is 11.9. The van der Waals surface area contributed by atoms with Gasteiger partial charge in [0.2, 0.25) is 5.91 Å². The van der Waals surface area contributed by atoms with Crippen LogP contribution in [0.4, 0.5) is 16.2 Å². The van der Waals surface area contributed by atoms with E-state index in [1.807, 2.05) is 0 Å². The largest absolute Gasteiger partial charge is 0.447 e. The lowest BCUT2D eigenvalue weighted by atomic mass is 10.2. The summed E-state index contributed by atoms with van der Waals surface area (Å²) in [6.45, 7) is 1.30. The molecular formula is C14H19N3O4. The Hall–Kier alpha value is -2.12. The highest BCUT2D eigenvalue weighted by molar-refractivity contribution is 5.96. The van der Waals surface area contributed by atoms with Crippen molar-refractivity contribution in [1.82, 2.24) is 0 Å². The van der Waals surface area contributed by atoms with Crippen LogP contribution in [0.2, 0.25) is 0 Å². The first kappa shape index (κ1) is 15.3. The number of amides is 2. The number of benzene rings is 1. The van der Waals surface area contributed by atoms with Crippen molar-refractivity contribution < 1.29 is 19.1 Å². The molecule has 0 saturated carbocycles. The highest BCUT2D eigenvalue weighted by atomic mass is 16.6. The fraction of sp³-hybridized carbons (Fsp3) is 0.429. The minimum atomic E-state index is -0.634. The van der Waals surface area contributed by atoms with Gasteiger partial charge in [-0.15, -0.1) is 0 Å². The van der Waals surface area contributed by atoms with Crippen LogP contribution >= 0.6 is 0 Å². The summed E-state index contributed by atoms with van der Waals surface area (Å²) in [6, 6.07) is 6.37. The molecule has 0 aromatic heterocycles. The first-order valence-electron chi connectivity index (χ1n) is 6.71. The number of cyclic esters (lactones) is 1. The molecule has 3 N–H and O–H groups in total. The topological polar surface area (TPSA) is 93.9 Å². The number of methoxy groups -OCH3 is 1. The predicted octanol–water partition coefficient (Wildman–Crippen LogP) is 0.945. The number of nitrogens with one attached hydrogen (secondary N) is 1. The first-order chi connectivity index (χ1) is 10.1. The number of hydrogen-bond acceptors (Lipinski definition) is 5. The minimum Gasteiger partial charge on any atom is -0.447 e. The summed E-state index contributed by atoms with van der Waals surface area (Å²) < 4.78 is 9.78. The van der Waals surface area contributed by atoms with Crippen LogP contribution in [0.25, 0.3) is 0 Å². The van der Waals surface area contributed by atoms with Gasteiger partial charge in [-0.05, 0) is 24.6 Å². The fourth-order valence-electron chi connectivity index (χ4n) is 1.99. The maximum atomic E-state index is 11.9. The van der Waals surface area contributed by atoms with E-state index in [0.29, 0.717) is 37.6 Å². The number of carbonyl (C=O) groups excluding carboxylic acids is 2. The Kier molecular flexibility index (Phi) is 5.13. The van der Waals surface area contributed by atoms with E-state index >= 15 is 0 Å². The summed E-state index contributed by atoms with van der Waals surface area (Å²) in [5, 5.41) is 2.73. The van der Waals surface area contributed by atoms with Crippen LogP contribution in [0, 0.1) is 0 Å². The van der Waals surface area contributed by atoms with E-state index in [-0.39, 0.29) is 12.0 Å². The smallest absolute Gasteiger partial charge is 0.414 e. The number of ether oxygens (including phenoxy) is 2. The lowest BCUT2D eigenvalue weighted by Gasteiger charge is -2.15. The van der Waals surface area contributed by atoms with E-state index in [0.717, 1.165) is 0 Å². The van der Waals surface area contributed by atoms with Crippen molar-refractivity contribution in [2.75, 3.05) is 37.1 Å². The lowest BCUT2D eigenvalue weighted by Crippen LogP contribution is -2.36. The number of hydrogen-bond donors (Lipinski definition) is 2. The molecule has 1 atom stereocenters. The molecule has 1 aromatic carbocycles. The molecule has 2 amide bonds. The van der Waals surface area contributed by atoms with Gasteiger partial charge in [0.05, 0.1) is 12.6 Å². The van der Waals surface area contributed by atoms with Crippen LogP contribution in [0.3, 0.4) is 0 Å². The van der Waals surface area contributed by atoms with E-state index in [4.69, 9.17) is 15.2 Å². The molecule has 1 aliphatic heterocycles. The van der Waals surface area contributed by atoms with Crippen molar-refractivity contribution in [2.45, 2.75) is 12.5 Å². The second kappa shape index (κ2) is 7.05. The van der Waals surface area contributed by atoms with E-state index in [2.05, 4.69) is 5.32 Å². The monoisotopic (exact) mass is 293 g/mol. The molecule has 0 bridgehead atoms. The average Bonchev–Trinajstić information content (AvgIpc) is 2.91. The van der Waals surface area contributed by atoms with Gasteiger partial charge in [-0.25, -0.2) is 4.79 Å². The Morgan fingerprint density at radius 1 is 1.57 bits per heavy atom. The second-order valence-corrected chi connectivity index (χ2v) is 4.69. The standard InChI is InChI=1S/C14H19N3O4/c1-20-7-5-12(15)13(18)16-10-3-2-4-11(9-10)17-6-8-21-14(17)19/h2-4,9,12H,5-8,15H2,1H3,(H,16,18). The summed E-state index contributed by atoms with van der Waals surface area (Å²) in [6.07, 6.45) is 0.0655. The highest BCUT2D eigenvalue weighted by Crippen LogP contribution is 2.22. The summed E-state index contributed by atoms with van der Waals surface area (Å²) >= 11 is 0. The van der Waals surface area contributed by atoms with Gasteiger partial charge in [0.15, 0.2) is 0 Å². The van der Waals surface area contributed by atoms with Crippen molar-refractivity contribution in [3.63, 3.8) is 0 Å². The Morgan fingerprint density at radius 3 is 3.05 bits per heavy atom. The fourth-order valence-corrected chi connectivity index (χ4v) is 1.99. The van der Waals surface area contributed by atoms with Gasteiger partial charge in [0, 0.05) is 25.1 Å². The van der Waals surface area contributed by atoms with Crippen molar-refractivity contribution in [1.29, 1.82) is 0 Å². The predicted molar refractivity (Wildman–Crippen MR) is 78.2 cm³/mol. The first-order valence-corrected chi connectivity index (χ1v) is 6.71. The minimum absolute atomic E-state index is 0.284. The molecule has 1 aromatic rings. The van der Waals surface area contributed by atoms with Gasteiger partial charge in [0.25, 0.3) is 0 Å². The van der Waals surface area contributed by atoms with E-state index < -0.39 is 6.04 Å². The van der Waals surface area contributed by atoms with Gasteiger partial charge in [0.1, 0.15) is 6.61 Å². The summed E-state index contributed by atoms with van der Waals surface area (Å²) in [4.78, 5) is 24.9. The molecule has 114 valence electrons. The Bertz CT molecular complexity index is 521. The van der Waals surface area contributed by atoms with Gasteiger partial charge in [-0.3, -0.25) is 9.69 Å². The molecule has 0 spiro atoms. The van der Waals surface area contributed by atoms with E-state index in [9.17, 15) is 9.59 Å². The lowest BCUT2D eigenvalue weighted by molar-refractivity contribution is -0.117. The zero-order valence-electron chi connectivity index (χ0n) is 11.9. The van der Waals surface area contributed by atoms with Gasteiger partial charge in [-0.1, -0.05) is 6.07 Å². The number of nitrogens with two attached hydrogens (primary N) is 1. The van der Waals surface area contributed by atoms with Crippen molar-refractivity contribution in [3.05, 3.63) is 24.3 Å². The molecule has 1 fully saturated rings. The van der Waals surface area contributed by atoms with Crippen LogP contribution in [0.15, 0.2) is 24.3 Å². The van der Waals surface area contributed by atoms with Gasteiger partial charge < -0.3 is 20.5 Å². The number of anilines is 2. The summed E-state index contributed by atoms with van der Waals surface area (Å²) in [5.74, 6) is -0.284. The highest BCUT2D eigenvalue weighted by Gasteiger charge is 2.23. The number of carbonyl (C=O) groups is 2. The van der Waals surface area contributed by atoms with Crippen LogP contribution < -0.4 is 16.0 Å². The molecule has 1 aliphatic rings. The van der Waals surface area contributed by atoms with Crippen molar-refractivity contribution in [3.8, 4) is 0 Å². The maximum Gasteiger partial charge on any atom is 0.414 e. The van der Waals surface area contributed by atoms with Crippen molar-refractivity contribution in [2.24, 2.45) is 5.73 Å². The molecule has 1 saturated heterocycles. The van der Waals surface area contributed by atoms with E-state index in [1.54, 1.807) is 31.4 Å². The summed E-state index contributed by atoms with van der Waals surface area (Å²) in [5.41, 5.74) is 7.03. The third kappa shape index (κ3) is 3.93. The van der Waals surface area contributed by atoms with Crippen LogP contribution in [0.1, 0.15) is 6.42 Å². The van der Waals surface area contributed by atoms with E-state index in [1.165, 1.54) is 4.90 Å². The maximum absolute atomic E-state index is 11.9. The quantitative estimate of drug-likeness (QED) is 0.814. The number of rotatable bonds is 6. The molecule has 1 heterocycles. The molecule has 0 aliphatic carbocycles. The van der Waals surface area contributed by atoms with Gasteiger partial charge in [-0.2, -0.15) is 0 Å². The zero-order chi connectivity index (χ0) is 15.2. The Morgan fingerprint density at radius 2 is 2.38 bits per heavy atom. The Labute approximate surface area is 123 Å².